The molecule has 6 aromatic carbocycles. The summed E-state index contributed by atoms with van der Waals surface area (Å²) < 4.78 is 2.36. The fourth-order valence-electron chi connectivity index (χ4n) is 8.38. The van der Waals surface area contributed by atoms with Crippen LogP contribution in [0.2, 0.25) is 0 Å². The number of aromatic nitrogens is 2. The van der Waals surface area contributed by atoms with E-state index >= 15 is 0 Å². The Morgan fingerprint density at radius 3 is 2.10 bits per heavy atom. The van der Waals surface area contributed by atoms with Gasteiger partial charge in [-0.05, 0) is 95.2 Å². The molecule has 8 rings (SSSR count). The molecule has 300 valence electrons. The number of amides is 1. The van der Waals surface area contributed by atoms with Crippen LogP contribution in [-0.2, 0) is 39.0 Å². The normalized spacial score (nSPS) is 13.3. The first-order valence-electron chi connectivity index (χ1n) is 20.8. The number of fused-ring (bicyclic) bond motifs is 2. The average Bonchev–Trinajstić information content (AvgIpc) is 3.62. The van der Waals surface area contributed by atoms with Crippen molar-refractivity contribution in [1.82, 2.24) is 19.4 Å². The number of nitrogen functional groups attached to an aromatic ring is 1. The number of nitrogens with zero attached hydrogens (tertiary/aromatic N) is 5. The molecule has 1 fully saturated rings. The van der Waals surface area contributed by atoms with Crippen LogP contribution in [0, 0.1) is 12.3 Å². The number of carbonyl (C=O) groups is 1. The molecule has 1 saturated heterocycles. The molecule has 59 heavy (non-hydrogen) atoms. The molecule has 1 aromatic heterocycles. The van der Waals surface area contributed by atoms with Gasteiger partial charge < -0.3 is 25.8 Å². The first kappa shape index (κ1) is 39.5. The van der Waals surface area contributed by atoms with Crippen LogP contribution in [0.25, 0.3) is 21.8 Å². The van der Waals surface area contributed by atoms with Gasteiger partial charge in [-0.2, -0.15) is 0 Å². The second kappa shape index (κ2) is 18.1. The van der Waals surface area contributed by atoms with E-state index in [1.165, 1.54) is 22.2 Å². The zero-order valence-corrected chi connectivity index (χ0v) is 34.0. The second-order valence-corrected chi connectivity index (χ2v) is 15.8. The molecular weight excluding hydrogens is 729 g/mol. The highest BCUT2D eigenvalue weighted by Crippen LogP contribution is 2.25. The minimum Gasteiger partial charge on any atom is -0.384 e. The molecule has 0 spiro atoms. The van der Waals surface area contributed by atoms with Crippen molar-refractivity contribution in [3.05, 3.63) is 178 Å². The molecule has 1 amide bonds. The number of imidazole rings is 1. The molecular formula is C50H54N8O. The van der Waals surface area contributed by atoms with Crippen LogP contribution in [0.5, 0.6) is 0 Å². The third-order valence-electron chi connectivity index (χ3n) is 11.8. The lowest BCUT2D eigenvalue weighted by atomic mass is 10.1. The zero-order chi connectivity index (χ0) is 40.7. The number of anilines is 1. The van der Waals surface area contributed by atoms with Crippen molar-refractivity contribution in [2.75, 3.05) is 37.6 Å². The van der Waals surface area contributed by atoms with Gasteiger partial charge in [-0.3, -0.25) is 15.1 Å². The van der Waals surface area contributed by atoms with Crippen LogP contribution in [0.1, 0.15) is 56.0 Å². The molecule has 2 heterocycles. The van der Waals surface area contributed by atoms with E-state index in [1.807, 2.05) is 59.5 Å². The van der Waals surface area contributed by atoms with Gasteiger partial charge in [0.2, 0.25) is 0 Å². The number of aryl methyl sites for hydroxylation is 4. The van der Waals surface area contributed by atoms with Crippen molar-refractivity contribution in [2.24, 2.45) is 11.5 Å². The fraction of sp³-hybridized carbons (Fsp3) is 0.260. The van der Waals surface area contributed by atoms with Crippen LogP contribution >= 0.6 is 0 Å². The summed E-state index contributed by atoms with van der Waals surface area (Å²) in [6.45, 7) is 9.61. The Bertz CT molecular complexity index is 2550. The Morgan fingerprint density at radius 1 is 0.695 bits per heavy atom. The molecule has 5 N–H and O–H groups in total. The SMILES string of the molecule is Cc1ccccc1N1CCN(CCCn2c(CCc3ccc(C(=N)N)cc3)nc3cc(C(=O)N(Cc4ccc(CN)cc4)Cc4ccc5ccccc5c4)ccc32)CC1. The topological polar surface area (TPSA) is 120 Å². The summed E-state index contributed by atoms with van der Waals surface area (Å²) in [7, 11) is 0. The van der Waals surface area contributed by atoms with E-state index in [1.54, 1.807) is 0 Å². The molecule has 9 heteroatoms. The van der Waals surface area contributed by atoms with Crippen molar-refractivity contribution in [3.63, 3.8) is 0 Å². The number of carbonyl (C=O) groups excluding carboxylic acids is 1. The minimum absolute atomic E-state index is 0.0329. The van der Waals surface area contributed by atoms with Gasteiger partial charge in [-0.25, -0.2) is 4.98 Å². The zero-order valence-electron chi connectivity index (χ0n) is 34.0. The van der Waals surface area contributed by atoms with Crippen LogP contribution in [0.15, 0.2) is 133 Å². The molecule has 0 saturated carbocycles. The first-order valence-corrected chi connectivity index (χ1v) is 20.8. The van der Waals surface area contributed by atoms with E-state index in [4.69, 9.17) is 21.9 Å². The van der Waals surface area contributed by atoms with Crippen molar-refractivity contribution >= 4 is 39.2 Å². The van der Waals surface area contributed by atoms with E-state index in [9.17, 15) is 4.79 Å². The van der Waals surface area contributed by atoms with E-state index in [2.05, 4.69) is 100 Å². The quantitative estimate of drug-likeness (QED) is 0.0715. The number of para-hydroxylation sites is 1. The van der Waals surface area contributed by atoms with Crippen LogP contribution < -0.4 is 16.4 Å². The molecule has 1 aliphatic heterocycles. The first-order chi connectivity index (χ1) is 28.8. The average molecular weight is 783 g/mol. The lowest BCUT2D eigenvalue weighted by Crippen LogP contribution is -2.47. The van der Waals surface area contributed by atoms with Gasteiger partial charge in [0.05, 0.1) is 11.0 Å². The largest absolute Gasteiger partial charge is 0.384 e. The third kappa shape index (κ3) is 9.38. The van der Waals surface area contributed by atoms with Gasteiger partial charge >= 0.3 is 0 Å². The number of hydrogen-bond donors (Lipinski definition) is 3. The lowest BCUT2D eigenvalue weighted by Gasteiger charge is -2.36. The van der Waals surface area contributed by atoms with Gasteiger partial charge in [0.1, 0.15) is 11.7 Å². The third-order valence-corrected chi connectivity index (χ3v) is 11.8. The molecule has 7 aromatic rings. The highest BCUT2D eigenvalue weighted by atomic mass is 16.2. The Kier molecular flexibility index (Phi) is 12.1. The summed E-state index contributed by atoms with van der Waals surface area (Å²) in [5.74, 6) is 1.05. The van der Waals surface area contributed by atoms with Gasteiger partial charge in [0.15, 0.2) is 0 Å². The molecule has 0 unspecified atom stereocenters. The number of piperazine rings is 1. The lowest BCUT2D eigenvalue weighted by molar-refractivity contribution is 0.0730. The van der Waals surface area contributed by atoms with E-state index in [0.717, 1.165) is 103 Å². The molecule has 0 atom stereocenters. The van der Waals surface area contributed by atoms with E-state index in [0.29, 0.717) is 25.2 Å². The summed E-state index contributed by atoms with van der Waals surface area (Å²) in [5, 5.41) is 10.1. The number of benzene rings is 6. The Balaban J connectivity index is 1.03. The molecule has 1 aliphatic rings. The maximum atomic E-state index is 14.6. The van der Waals surface area contributed by atoms with Gasteiger partial charge in [-0.15, -0.1) is 0 Å². The summed E-state index contributed by atoms with van der Waals surface area (Å²) >= 11 is 0. The summed E-state index contributed by atoms with van der Waals surface area (Å²) in [5.41, 5.74) is 21.9. The van der Waals surface area contributed by atoms with E-state index < -0.39 is 0 Å². The van der Waals surface area contributed by atoms with Crippen LogP contribution in [0.4, 0.5) is 5.69 Å². The summed E-state index contributed by atoms with van der Waals surface area (Å²) in [6, 6.07) is 45.6. The second-order valence-electron chi connectivity index (χ2n) is 15.8. The predicted octanol–water partition coefficient (Wildman–Crippen LogP) is 8.08. The standard InChI is InChI=1S/C50H54N8O/c1-36-7-2-5-10-46(36)56-29-27-55(28-30-56)25-6-26-58-47-23-22-44(32-45(47)54-48(58)24-18-37-15-20-42(21-16-37)49(52)53)50(59)57(34-39-13-11-38(33-51)12-14-39)35-40-17-19-41-8-3-4-9-43(41)31-40/h2-5,7-17,19-23,31-32H,6,18,24-30,33-35,51H2,1H3,(H3,52,53). The smallest absolute Gasteiger partial charge is 0.254 e. The van der Waals surface area contributed by atoms with Crippen molar-refractivity contribution < 1.29 is 4.79 Å². The Hall–Kier alpha value is -6.29. The van der Waals surface area contributed by atoms with Crippen molar-refractivity contribution in [3.8, 4) is 0 Å². The summed E-state index contributed by atoms with van der Waals surface area (Å²) in [6.07, 6.45) is 2.55. The van der Waals surface area contributed by atoms with Gasteiger partial charge in [0.25, 0.3) is 5.91 Å². The molecule has 0 bridgehead atoms. The number of hydrogen-bond acceptors (Lipinski definition) is 6. The number of rotatable bonds is 15. The number of amidine groups is 1. The molecule has 0 aliphatic carbocycles. The van der Waals surface area contributed by atoms with E-state index in [-0.39, 0.29) is 11.7 Å². The predicted molar refractivity (Wildman–Crippen MR) is 241 cm³/mol. The van der Waals surface area contributed by atoms with Crippen molar-refractivity contribution in [1.29, 1.82) is 5.41 Å². The molecule has 0 radical (unpaired) electrons. The van der Waals surface area contributed by atoms with Crippen LogP contribution in [0.3, 0.4) is 0 Å². The Labute approximate surface area is 347 Å². The van der Waals surface area contributed by atoms with Crippen molar-refractivity contribution in [2.45, 2.75) is 52.4 Å². The Morgan fingerprint density at radius 2 is 1.36 bits per heavy atom. The number of nitrogens with one attached hydrogen (secondary N) is 1. The van der Waals surface area contributed by atoms with Gasteiger partial charge in [-0.1, -0.05) is 103 Å². The molecule has 9 nitrogen and oxygen atoms in total. The van der Waals surface area contributed by atoms with Crippen LogP contribution in [-0.4, -0.2) is 63.8 Å². The minimum atomic E-state index is -0.0329. The highest BCUT2D eigenvalue weighted by Gasteiger charge is 2.21. The monoisotopic (exact) mass is 782 g/mol. The number of nitrogens with two attached hydrogens (primary N) is 2. The maximum Gasteiger partial charge on any atom is 0.254 e. The summed E-state index contributed by atoms with van der Waals surface area (Å²) in [4.78, 5) is 26.8. The fourth-order valence-corrected chi connectivity index (χ4v) is 8.38. The van der Waals surface area contributed by atoms with Gasteiger partial charge in [0, 0.05) is 75.6 Å². The highest BCUT2D eigenvalue weighted by molar-refractivity contribution is 5.97. The maximum absolute atomic E-state index is 14.6.